The van der Waals surface area contributed by atoms with Crippen molar-refractivity contribution in [3.05, 3.63) is 23.8 Å². The number of aliphatic hydroxyl groups is 2. The normalized spacial score (nSPS) is 13.7. The zero-order chi connectivity index (χ0) is 14.4. The average Bonchev–Trinajstić information content (AvgIpc) is 2.37. The Hall–Kier alpha value is -1.79. The molecular formula is C13H20N2O4. The summed E-state index contributed by atoms with van der Waals surface area (Å²) in [5.41, 5.74) is 6.58. The summed E-state index contributed by atoms with van der Waals surface area (Å²) in [5.74, 6) is 0.409. The van der Waals surface area contributed by atoms with E-state index in [0.717, 1.165) is 0 Å². The van der Waals surface area contributed by atoms with Gasteiger partial charge in [0, 0.05) is 30.8 Å². The summed E-state index contributed by atoms with van der Waals surface area (Å²) >= 11 is 0. The molecular weight excluding hydrogens is 248 g/mol. The molecule has 0 aliphatic carbocycles. The van der Waals surface area contributed by atoms with Crippen molar-refractivity contribution in [1.29, 1.82) is 0 Å². The van der Waals surface area contributed by atoms with Gasteiger partial charge < -0.3 is 26.0 Å². The summed E-state index contributed by atoms with van der Waals surface area (Å²) in [5, 5.41) is 22.4. The van der Waals surface area contributed by atoms with Crippen LogP contribution in [0, 0.1) is 0 Å². The molecule has 0 radical (unpaired) electrons. The summed E-state index contributed by atoms with van der Waals surface area (Å²) < 4.78 is 5.01. The maximum Gasteiger partial charge on any atom is 0.216 e. The van der Waals surface area contributed by atoms with E-state index in [9.17, 15) is 15.0 Å². The molecule has 0 saturated heterocycles. The smallest absolute Gasteiger partial charge is 0.216 e. The summed E-state index contributed by atoms with van der Waals surface area (Å²) in [6.07, 6.45) is -1.85. The summed E-state index contributed by atoms with van der Waals surface area (Å²) in [4.78, 5) is 10.7. The predicted octanol–water partition coefficient (Wildman–Crippen LogP) is 0.198. The molecule has 0 bridgehead atoms. The first-order valence-electron chi connectivity index (χ1n) is 5.99. The lowest BCUT2D eigenvalue weighted by Gasteiger charge is -2.20. The number of anilines is 1. The Kier molecular flexibility index (Phi) is 5.59. The van der Waals surface area contributed by atoms with Crippen molar-refractivity contribution >= 4 is 11.6 Å². The van der Waals surface area contributed by atoms with E-state index in [1.165, 1.54) is 14.0 Å². The molecule has 6 heteroatoms. The van der Waals surface area contributed by atoms with Gasteiger partial charge in [0.1, 0.15) is 11.9 Å². The lowest BCUT2D eigenvalue weighted by molar-refractivity contribution is -0.119. The van der Waals surface area contributed by atoms with E-state index < -0.39 is 12.2 Å². The van der Waals surface area contributed by atoms with E-state index in [-0.39, 0.29) is 12.3 Å². The highest BCUT2D eigenvalue weighted by molar-refractivity contribution is 5.72. The molecule has 5 N–H and O–H groups in total. The largest absolute Gasteiger partial charge is 0.497 e. The van der Waals surface area contributed by atoms with Crippen LogP contribution < -0.4 is 15.8 Å². The third kappa shape index (κ3) is 4.42. The number of rotatable bonds is 6. The van der Waals surface area contributed by atoms with E-state index in [2.05, 4.69) is 5.32 Å². The van der Waals surface area contributed by atoms with Gasteiger partial charge in [0.15, 0.2) is 0 Å². The third-order valence-electron chi connectivity index (χ3n) is 2.79. The maximum atomic E-state index is 10.7. The van der Waals surface area contributed by atoms with Gasteiger partial charge in [0.2, 0.25) is 5.91 Å². The molecule has 0 aliphatic heterocycles. The fourth-order valence-corrected chi connectivity index (χ4v) is 1.71. The van der Waals surface area contributed by atoms with Crippen molar-refractivity contribution in [1.82, 2.24) is 5.32 Å². The van der Waals surface area contributed by atoms with Gasteiger partial charge in [-0.1, -0.05) is 6.07 Å². The number of ether oxygens (including phenoxy) is 1. The Bertz CT molecular complexity index is 437. The van der Waals surface area contributed by atoms with Crippen LogP contribution in [0.3, 0.4) is 0 Å². The van der Waals surface area contributed by atoms with Crippen LogP contribution in [0.15, 0.2) is 18.2 Å². The number of hydrogen-bond acceptors (Lipinski definition) is 5. The fraction of sp³-hybridized carbons (Fsp3) is 0.462. The van der Waals surface area contributed by atoms with Crippen LogP contribution in [-0.4, -0.2) is 35.9 Å². The van der Waals surface area contributed by atoms with Gasteiger partial charge >= 0.3 is 0 Å². The van der Waals surface area contributed by atoms with E-state index in [1.807, 2.05) is 0 Å². The molecule has 0 spiro atoms. The van der Waals surface area contributed by atoms with Crippen molar-refractivity contribution in [2.24, 2.45) is 0 Å². The molecule has 1 aromatic rings. The molecule has 2 atom stereocenters. The first-order chi connectivity index (χ1) is 8.95. The van der Waals surface area contributed by atoms with Gasteiger partial charge in [0.05, 0.1) is 13.2 Å². The zero-order valence-corrected chi connectivity index (χ0v) is 11.1. The van der Waals surface area contributed by atoms with Crippen molar-refractivity contribution in [2.75, 3.05) is 19.4 Å². The third-order valence-corrected chi connectivity index (χ3v) is 2.79. The lowest BCUT2D eigenvalue weighted by Crippen LogP contribution is -2.28. The minimum absolute atomic E-state index is 0.175. The standard InChI is InChI=1S/C13H20N2O4/c1-8(16)15-6-5-12(17)13(18)10-4-3-9(19-2)7-11(10)14/h3-4,7,12-13,17-18H,5-6,14H2,1-2H3,(H,15,16). The van der Waals surface area contributed by atoms with Crippen LogP contribution >= 0.6 is 0 Å². The highest BCUT2D eigenvalue weighted by Crippen LogP contribution is 2.27. The SMILES string of the molecule is COc1ccc(C(O)C(O)CCNC(C)=O)c(N)c1. The average molecular weight is 268 g/mol. The maximum absolute atomic E-state index is 10.7. The topological polar surface area (TPSA) is 105 Å². The molecule has 2 unspecified atom stereocenters. The lowest BCUT2D eigenvalue weighted by atomic mass is 10.0. The molecule has 0 heterocycles. The van der Waals surface area contributed by atoms with Crippen LogP contribution in [0.25, 0.3) is 0 Å². The second-order valence-electron chi connectivity index (χ2n) is 4.28. The van der Waals surface area contributed by atoms with Crippen molar-refractivity contribution in [3.63, 3.8) is 0 Å². The highest BCUT2D eigenvalue weighted by Gasteiger charge is 2.20. The number of nitrogens with two attached hydrogens (primary N) is 1. The number of nitrogens with one attached hydrogen (secondary N) is 1. The van der Waals surface area contributed by atoms with Gasteiger partial charge in [-0.05, 0) is 12.5 Å². The van der Waals surface area contributed by atoms with E-state index in [1.54, 1.807) is 18.2 Å². The number of aliphatic hydroxyl groups excluding tert-OH is 2. The number of nitrogen functional groups attached to an aromatic ring is 1. The Morgan fingerprint density at radius 3 is 2.68 bits per heavy atom. The van der Waals surface area contributed by atoms with E-state index in [4.69, 9.17) is 10.5 Å². The summed E-state index contributed by atoms with van der Waals surface area (Å²) in [6, 6.07) is 4.86. The van der Waals surface area contributed by atoms with Gasteiger partial charge in [-0.25, -0.2) is 0 Å². The number of benzene rings is 1. The molecule has 0 saturated carbocycles. The number of carbonyl (C=O) groups is 1. The molecule has 0 aliphatic rings. The van der Waals surface area contributed by atoms with Crippen molar-refractivity contribution in [3.8, 4) is 5.75 Å². The summed E-state index contributed by atoms with van der Waals surface area (Å²) in [7, 11) is 1.52. The zero-order valence-electron chi connectivity index (χ0n) is 11.1. The fourth-order valence-electron chi connectivity index (χ4n) is 1.71. The highest BCUT2D eigenvalue weighted by atomic mass is 16.5. The van der Waals surface area contributed by atoms with Crippen molar-refractivity contribution in [2.45, 2.75) is 25.6 Å². The van der Waals surface area contributed by atoms with E-state index in [0.29, 0.717) is 23.5 Å². The van der Waals surface area contributed by atoms with Crippen LogP contribution in [0.1, 0.15) is 25.0 Å². The second-order valence-corrected chi connectivity index (χ2v) is 4.28. The minimum atomic E-state index is -1.10. The molecule has 106 valence electrons. The monoisotopic (exact) mass is 268 g/mol. The Balaban J connectivity index is 2.65. The van der Waals surface area contributed by atoms with Crippen LogP contribution in [0.4, 0.5) is 5.69 Å². The van der Waals surface area contributed by atoms with Gasteiger partial charge in [-0.15, -0.1) is 0 Å². The van der Waals surface area contributed by atoms with Gasteiger partial charge in [-0.2, -0.15) is 0 Å². The summed E-state index contributed by atoms with van der Waals surface area (Å²) in [6.45, 7) is 1.69. The number of hydrogen-bond donors (Lipinski definition) is 4. The van der Waals surface area contributed by atoms with Crippen LogP contribution in [0.2, 0.25) is 0 Å². The molecule has 0 aromatic heterocycles. The molecule has 1 rings (SSSR count). The Labute approximate surface area is 112 Å². The Morgan fingerprint density at radius 1 is 1.47 bits per heavy atom. The molecule has 1 amide bonds. The van der Waals surface area contributed by atoms with Gasteiger partial charge in [0.25, 0.3) is 0 Å². The number of carbonyl (C=O) groups excluding carboxylic acids is 1. The number of methoxy groups -OCH3 is 1. The molecule has 19 heavy (non-hydrogen) atoms. The van der Waals surface area contributed by atoms with Crippen LogP contribution in [-0.2, 0) is 4.79 Å². The first kappa shape index (κ1) is 15.3. The quantitative estimate of drug-likeness (QED) is 0.552. The number of amides is 1. The molecule has 0 fully saturated rings. The van der Waals surface area contributed by atoms with Crippen LogP contribution in [0.5, 0.6) is 5.75 Å². The minimum Gasteiger partial charge on any atom is -0.497 e. The van der Waals surface area contributed by atoms with Crippen molar-refractivity contribution < 1.29 is 19.7 Å². The first-order valence-corrected chi connectivity index (χ1v) is 5.99. The second kappa shape index (κ2) is 6.96. The predicted molar refractivity (Wildman–Crippen MR) is 71.7 cm³/mol. The van der Waals surface area contributed by atoms with E-state index >= 15 is 0 Å². The Morgan fingerprint density at radius 2 is 2.16 bits per heavy atom. The van der Waals surface area contributed by atoms with Gasteiger partial charge in [-0.3, -0.25) is 4.79 Å². The molecule has 1 aromatic carbocycles. The molecule has 6 nitrogen and oxygen atoms in total.